The molecule has 3 atom stereocenters. The highest BCUT2D eigenvalue weighted by molar-refractivity contribution is 7.09. The fourth-order valence-corrected chi connectivity index (χ4v) is 5.24. The second-order valence-corrected chi connectivity index (χ2v) is 8.45. The van der Waals surface area contributed by atoms with Crippen LogP contribution in [0.2, 0.25) is 0 Å². The Morgan fingerprint density at radius 2 is 1.92 bits per heavy atom. The van der Waals surface area contributed by atoms with E-state index < -0.39 is 0 Å². The highest BCUT2D eigenvalue weighted by Gasteiger charge is 2.41. The molecule has 2 saturated heterocycles. The quantitative estimate of drug-likeness (QED) is 0.807. The Morgan fingerprint density at radius 1 is 1.15 bits per heavy atom. The summed E-state index contributed by atoms with van der Waals surface area (Å²) in [6.07, 6.45) is 5.56. The first-order valence-corrected chi connectivity index (χ1v) is 10.5. The molecule has 0 saturated carbocycles. The van der Waals surface area contributed by atoms with Gasteiger partial charge in [-0.3, -0.25) is 4.90 Å². The van der Waals surface area contributed by atoms with Gasteiger partial charge in [-0.25, -0.2) is 4.79 Å². The van der Waals surface area contributed by atoms with Crippen LogP contribution in [0.25, 0.3) is 0 Å². The maximum absolute atomic E-state index is 12.5. The third kappa shape index (κ3) is 3.79. The highest BCUT2D eigenvalue weighted by atomic mass is 32.1. The van der Waals surface area contributed by atoms with E-state index in [0.717, 1.165) is 31.5 Å². The van der Waals surface area contributed by atoms with Crippen LogP contribution in [-0.2, 0) is 13.0 Å². The molecule has 2 aliphatic heterocycles. The molecule has 4 rings (SSSR count). The summed E-state index contributed by atoms with van der Waals surface area (Å²) >= 11 is 1.84. The van der Waals surface area contributed by atoms with E-state index in [1.54, 1.807) is 0 Å². The Morgan fingerprint density at radius 3 is 2.62 bits per heavy atom. The summed E-state index contributed by atoms with van der Waals surface area (Å²) in [7, 11) is 0. The van der Waals surface area contributed by atoms with Gasteiger partial charge in [-0.05, 0) is 55.2 Å². The van der Waals surface area contributed by atoms with Gasteiger partial charge in [-0.2, -0.15) is 0 Å². The van der Waals surface area contributed by atoms with Crippen LogP contribution in [0.3, 0.4) is 0 Å². The van der Waals surface area contributed by atoms with Gasteiger partial charge in [0.25, 0.3) is 0 Å². The molecule has 138 valence electrons. The van der Waals surface area contributed by atoms with Crippen molar-refractivity contribution < 1.29 is 4.79 Å². The number of piperidine rings is 1. The third-order valence-electron chi connectivity index (χ3n) is 5.78. The lowest BCUT2D eigenvalue weighted by Gasteiger charge is -2.39. The van der Waals surface area contributed by atoms with Crippen molar-refractivity contribution in [3.63, 3.8) is 0 Å². The van der Waals surface area contributed by atoms with Crippen molar-refractivity contribution in [3.8, 4) is 0 Å². The number of carbonyl (C=O) groups is 1. The molecular formula is C21H27N3OS. The fraction of sp³-hybridized carbons (Fsp3) is 0.476. The van der Waals surface area contributed by atoms with E-state index in [1.165, 1.54) is 23.3 Å². The van der Waals surface area contributed by atoms with Crippen molar-refractivity contribution in [2.75, 3.05) is 5.32 Å². The molecule has 1 aromatic carbocycles. The zero-order valence-corrected chi connectivity index (χ0v) is 16.1. The van der Waals surface area contributed by atoms with Crippen molar-refractivity contribution >= 4 is 23.1 Å². The van der Waals surface area contributed by atoms with Gasteiger partial charge in [0.2, 0.25) is 0 Å². The molecule has 0 radical (unpaired) electrons. The summed E-state index contributed by atoms with van der Waals surface area (Å²) in [6.45, 7) is 3.18. The van der Waals surface area contributed by atoms with E-state index in [2.05, 4.69) is 46.0 Å². The number of hydrogen-bond donors (Lipinski definition) is 2. The number of urea groups is 1. The second kappa shape index (κ2) is 7.80. The number of rotatable bonds is 5. The molecule has 5 heteroatoms. The molecule has 2 N–H and O–H groups in total. The summed E-state index contributed by atoms with van der Waals surface area (Å²) in [4.78, 5) is 16.6. The van der Waals surface area contributed by atoms with Gasteiger partial charge in [0.1, 0.15) is 0 Å². The molecule has 2 amide bonds. The molecular weight excluding hydrogens is 342 g/mol. The molecule has 3 heterocycles. The van der Waals surface area contributed by atoms with Crippen molar-refractivity contribution in [1.82, 2.24) is 10.2 Å². The molecule has 2 fully saturated rings. The average Bonchev–Trinajstić information content (AvgIpc) is 3.22. The lowest BCUT2D eigenvalue weighted by Crippen LogP contribution is -2.50. The van der Waals surface area contributed by atoms with E-state index in [4.69, 9.17) is 0 Å². The molecule has 0 spiro atoms. The van der Waals surface area contributed by atoms with E-state index in [-0.39, 0.29) is 12.1 Å². The standard InChI is InChI=1S/C21H27N3OS/c1-2-15-6-3-4-8-20(15)23-21(25)22-16-12-17-9-10-18(13-16)24(17)14-19-7-5-11-26-19/h3-8,11,16-18H,2,9-10,12-14H2,1H3,(H2,22,23,25)/t16?,17-,18+. The second-order valence-electron chi connectivity index (χ2n) is 7.41. The fourth-order valence-electron chi connectivity index (χ4n) is 4.53. The summed E-state index contributed by atoms with van der Waals surface area (Å²) in [5.41, 5.74) is 2.10. The molecule has 0 aliphatic carbocycles. The number of anilines is 1. The Bertz CT molecular complexity index is 731. The number of nitrogens with zero attached hydrogens (tertiary/aromatic N) is 1. The molecule has 2 bridgehead atoms. The normalized spacial score (nSPS) is 25.2. The molecule has 2 aromatic rings. The number of nitrogens with one attached hydrogen (secondary N) is 2. The molecule has 4 nitrogen and oxygen atoms in total. The molecule has 2 aliphatic rings. The first-order chi connectivity index (χ1) is 12.7. The molecule has 1 unspecified atom stereocenters. The van der Waals surface area contributed by atoms with Crippen LogP contribution in [0.15, 0.2) is 41.8 Å². The van der Waals surface area contributed by atoms with Gasteiger partial charge in [0.05, 0.1) is 0 Å². The largest absolute Gasteiger partial charge is 0.335 e. The van der Waals surface area contributed by atoms with Crippen LogP contribution in [0, 0.1) is 0 Å². The molecule has 26 heavy (non-hydrogen) atoms. The van der Waals surface area contributed by atoms with Gasteiger partial charge in [0.15, 0.2) is 0 Å². The summed E-state index contributed by atoms with van der Waals surface area (Å²) in [6, 6.07) is 13.8. The van der Waals surface area contributed by atoms with Crippen molar-refractivity contribution in [1.29, 1.82) is 0 Å². The summed E-state index contributed by atoms with van der Waals surface area (Å²) in [5, 5.41) is 8.43. The zero-order valence-electron chi connectivity index (χ0n) is 15.3. The van der Waals surface area contributed by atoms with Crippen LogP contribution >= 0.6 is 11.3 Å². The van der Waals surface area contributed by atoms with Gasteiger partial charge in [-0.1, -0.05) is 31.2 Å². The van der Waals surface area contributed by atoms with Crippen molar-refractivity contribution in [2.45, 2.75) is 63.7 Å². The monoisotopic (exact) mass is 369 g/mol. The van der Waals surface area contributed by atoms with E-state index in [0.29, 0.717) is 12.1 Å². The lowest BCUT2D eigenvalue weighted by molar-refractivity contribution is 0.113. The Balaban J connectivity index is 1.33. The highest BCUT2D eigenvalue weighted by Crippen LogP contribution is 2.37. The zero-order chi connectivity index (χ0) is 17.9. The number of amides is 2. The number of aryl methyl sites for hydroxylation is 1. The first kappa shape index (κ1) is 17.6. The van der Waals surface area contributed by atoms with Crippen molar-refractivity contribution in [3.05, 3.63) is 52.2 Å². The smallest absolute Gasteiger partial charge is 0.319 e. The average molecular weight is 370 g/mol. The first-order valence-electron chi connectivity index (χ1n) is 9.66. The number of hydrogen-bond acceptors (Lipinski definition) is 3. The van der Waals surface area contributed by atoms with Crippen LogP contribution < -0.4 is 10.6 Å². The lowest BCUT2D eigenvalue weighted by atomic mass is 9.97. The maximum atomic E-state index is 12.5. The van der Waals surface area contributed by atoms with Crippen LogP contribution in [0.5, 0.6) is 0 Å². The third-order valence-corrected chi connectivity index (χ3v) is 6.65. The van der Waals surface area contributed by atoms with Gasteiger partial charge < -0.3 is 10.6 Å². The number of benzene rings is 1. The number of thiophene rings is 1. The minimum absolute atomic E-state index is 0.0676. The van der Waals surface area contributed by atoms with Crippen LogP contribution in [-0.4, -0.2) is 29.1 Å². The van der Waals surface area contributed by atoms with Gasteiger partial charge in [0, 0.05) is 35.2 Å². The van der Waals surface area contributed by atoms with Crippen LogP contribution in [0.1, 0.15) is 43.0 Å². The topological polar surface area (TPSA) is 44.4 Å². The Kier molecular flexibility index (Phi) is 5.27. The number of carbonyl (C=O) groups excluding carboxylic acids is 1. The maximum Gasteiger partial charge on any atom is 0.319 e. The molecule has 1 aromatic heterocycles. The Labute approximate surface area is 159 Å². The minimum Gasteiger partial charge on any atom is -0.335 e. The van der Waals surface area contributed by atoms with E-state index >= 15 is 0 Å². The number of para-hydroxylation sites is 1. The summed E-state index contributed by atoms with van der Waals surface area (Å²) in [5.74, 6) is 0. The SMILES string of the molecule is CCc1ccccc1NC(=O)NC1C[C@H]2CC[C@@H](C1)N2Cc1cccs1. The summed E-state index contributed by atoms with van der Waals surface area (Å²) < 4.78 is 0. The van der Waals surface area contributed by atoms with E-state index in [1.807, 2.05) is 29.5 Å². The predicted octanol–water partition coefficient (Wildman–Crippen LogP) is 4.63. The van der Waals surface area contributed by atoms with Crippen molar-refractivity contribution in [2.24, 2.45) is 0 Å². The van der Waals surface area contributed by atoms with Gasteiger partial charge >= 0.3 is 6.03 Å². The van der Waals surface area contributed by atoms with Crippen LogP contribution in [0.4, 0.5) is 10.5 Å². The van der Waals surface area contributed by atoms with Gasteiger partial charge in [-0.15, -0.1) is 11.3 Å². The Hall–Kier alpha value is -1.85. The van der Waals surface area contributed by atoms with E-state index in [9.17, 15) is 4.79 Å². The number of fused-ring (bicyclic) bond motifs is 2. The minimum atomic E-state index is -0.0676. The predicted molar refractivity (Wildman–Crippen MR) is 108 cm³/mol.